The van der Waals surface area contributed by atoms with Gasteiger partial charge in [-0.3, -0.25) is 0 Å². The van der Waals surface area contributed by atoms with Crippen molar-refractivity contribution in [3.05, 3.63) is 29.8 Å². The normalized spacial score (nSPS) is 22.6. The zero-order valence-electron chi connectivity index (χ0n) is 11.8. The third-order valence-electron chi connectivity index (χ3n) is 3.64. The maximum absolute atomic E-state index is 5.78. The van der Waals surface area contributed by atoms with Gasteiger partial charge in [-0.25, -0.2) is 0 Å². The van der Waals surface area contributed by atoms with E-state index in [0.29, 0.717) is 13.2 Å². The minimum absolute atomic E-state index is 0.202. The smallest absolute Gasteiger partial charge is 0.119 e. The molecule has 1 aromatic carbocycles. The van der Waals surface area contributed by atoms with Gasteiger partial charge in [-0.15, -0.1) is 0 Å². The van der Waals surface area contributed by atoms with Crippen LogP contribution in [0.1, 0.15) is 38.2 Å². The van der Waals surface area contributed by atoms with Crippen molar-refractivity contribution in [3.63, 3.8) is 0 Å². The van der Waals surface area contributed by atoms with E-state index in [1.165, 1.54) is 18.4 Å². The van der Waals surface area contributed by atoms with E-state index in [-0.39, 0.29) is 12.2 Å². The van der Waals surface area contributed by atoms with Gasteiger partial charge in [-0.05, 0) is 43.4 Å². The summed E-state index contributed by atoms with van der Waals surface area (Å²) >= 11 is 0. The molecule has 2 rings (SSSR count). The molecular weight excluding hydrogens is 238 g/mol. The molecule has 2 atom stereocenters. The highest BCUT2D eigenvalue weighted by Crippen LogP contribution is 2.20. The minimum Gasteiger partial charge on any atom is -0.491 e. The van der Waals surface area contributed by atoms with Gasteiger partial charge >= 0.3 is 0 Å². The lowest BCUT2D eigenvalue weighted by Gasteiger charge is -2.13. The van der Waals surface area contributed by atoms with Crippen LogP contribution in [-0.4, -0.2) is 25.4 Å². The van der Waals surface area contributed by atoms with Gasteiger partial charge in [0, 0.05) is 6.54 Å². The summed E-state index contributed by atoms with van der Waals surface area (Å²) in [6.07, 6.45) is 6.17. The number of hydrogen-bond acceptors (Lipinski definition) is 3. The summed E-state index contributed by atoms with van der Waals surface area (Å²) in [4.78, 5) is 0. The number of benzene rings is 1. The first-order valence-electron chi connectivity index (χ1n) is 7.39. The lowest BCUT2D eigenvalue weighted by Crippen LogP contribution is -2.23. The van der Waals surface area contributed by atoms with Crippen molar-refractivity contribution in [2.75, 3.05) is 13.2 Å². The average molecular weight is 263 g/mol. The van der Waals surface area contributed by atoms with Crippen LogP contribution in [0.25, 0.3) is 0 Å². The van der Waals surface area contributed by atoms with Gasteiger partial charge < -0.3 is 15.2 Å². The minimum atomic E-state index is 0.202. The van der Waals surface area contributed by atoms with Crippen molar-refractivity contribution in [2.24, 2.45) is 5.73 Å². The second-order valence-electron chi connectivity index (χ2n) is 5.25. The van der Waals surface area contributed by atoms with Crippen molar-refractivity contribution in [1.29, 1.82) is 0 Å². The summed E-state index contributed by atoms with van der Waals surface area (Å²) in [5, 5.41) is 0. The largest absolute Gasteiger partial charge is 0.491 e. The second kappa shape index (κ2) is 7.51. The molecule has 1 aliphatic rings. The predicted octanol–water partition coefficient (Wildman–Crippen LogP) is 2.91. The molecule has 19 heavy (non-hydrogen) atoms. The van der Waals surface area contributed by atoms with Crippen LogP contribution in [0.15, 0.2) is 24.3 Å². The number of nitrogens with two attached hydrogens (primary N) is 1. The summed E-state index contributed by atoms with van der Waals surface area (Å²) in [5.41, 5.74) is 6.98. The standard InChI is InChI=1S/C16H25NO2/c1-2-3-4-13-5-7-14(8-6-13)18-12-16-10-9-15(11-17)19-16/h5-8,15-16H,2-4,9-12,17H2,1H3. The molecule has 0 amide bonds. The van der Waals surface area contributed by atoms with E-state index in [9.17, 15) is 0 Å². The maximum Gasteiger partial charge on any atom is 0.119 e. The van der Waals surface area contributed by atoms with Crippen LogP contribution in [0, 0.1) is 0 Å². The molecule has 0 saturated carbocycles. The molecule has 1 fully saturated rings. The van der Waals surface area contributed by atoms with Crippen molar-refractivity contribution in [1.82, 2.24) is 0 Å². The molecule has 3 nitrogen and oxygen atoms in total. The van der Waals surface area contributed by atoms with Crippen LogP contribution in [0.3, 0.4) is 0 Å². The monoisotopic (exact) mass is 263 g/mol. The summed E-state index contributed by atoms with van der Waals surface area (Å²) in [6, 6.07) is 8.42. The first-order chi connectivity index (χ1) is 9.31. The molecule has 1 saturated heterocycles. The molecule has 2 N–H and O–H groups in total. The van der Waals surface area contributed by atoms with E-state index >= 15 is 0 Å². The SMILES string of the molecule is CCCCc1ccc(OCC2CCC(CN)O2)cc1. The highest BCUT2D eigenvalue weighted by Gasteiger charge is 2.24. The Balaban J connectivity index is 1.74. The van der Waals surface area contributed by atoms with Crippen LogP contribution in [0.2, 0.25) is 0 Å². The van der Waals surface area contributed by atoms with Crippen molar-refractivity contribution in [2.45, 2.75) is 51.2 Å². The van der Waals surface area contributed by atoms with E-state index in [2.05, 4.69) is 31.2 Å². The molecule has 0 aromatic heterocycles. The average Bonchev–Trinajstić information content (AvgIpc) is 2.92. The van der Waals surface area contributed by atoms with Gasteiger partial charge in [0.05, 0.1) is 12.2 Å². The molecule has 106 valence electrons. The zero-order chi connectivity index (χ0) is 13.5. The molecule has 0 aliphatic carbocycles. The topological polar surface area (TPSA) is 44.5 Å². The van der Waals surface area contributed by atoms with E-state index in [1.54, 1.807) is 0 Å². The van der Waals surface area contributed by atoms with Gasteiger partial charge in [-0.1, -0.05) is 25.5 Å². The number of aryl methyl sites for hydroxylation is 1. The van der Waals surface area contributed by atoms with Crippen LogP contribution < -0.4 is 10.5 Å². The lowest BCUT2D eigenvalue weighted by molar-refractivity contribution is 0.0222. The molecule has 0 spiro atoms. The van der Waals surface area contributed by atoms with Gasteiger partial charge in [0.1, 0.15) is 12.4 Å². The summed E-state index contributed by atoms with van der Waals surface area (Å²) in [6.45, 7) is 3.46. The predicted molar refractivity (Wildman–Crippen MR) is 77.5 cm³/mol. The summed E-state index contributed by atoms with van der Waals surface area (Å²) < 4.78 is 11.5. The Morgan fingerprint density at radius 3 is 2.58 bits per heavy atom. The van der Waals surface area contributed by atoms with Gasteiger partial charge in [0.2, 0.25) is 0 Å². The molecule has 0 bridgehead atoms. The van der Waals surface area contributed by atoms with Crippen LogP contribution >= 0.6 is 0 Å². The molecule has 0 radical (unpaired) electrons. The molecule has 1 heterocycles. The highest BCUT2D eigenvalue weighted by molar-refractivity contribution is 5.27. The van der Waals surface area contributed by atoms with E-state index in [4.69, 9.17) is 15.2 Å². The number of rotatable bonds is 7. The third kappa shape index (κ3) is 4.51. The summed E-state index contributed by atoms with van der Waals surface area (Å²) in [7, 11) is 0. The van der Waals surface area contributed by atoms with Crippen molar-refractivity contribution in [3.8, 4) is 5.75 Å². The van der Waals surface area contributed by atoms with Gasteiger partial charge in [0.25, 0.3) is 0 Å². The molecule has 1 aliphatic heterocycles. The molecule has 3 heteroatoms. The fourth-order valence-electron chi connectivity index (χ4n) is 2.40. The fraction of sp³-hybridized carbons (Fsp3) is 0.625. The Labute approximate surface area is 116 Å². The maximum atomic E-state index is 5.78. The van der Waals surface area contributed by atoms with Gasteiger partial charge in [-0.2, -0.15) is 0 Å². The second-order valence-corrected chi connectivity index (χ2v) is 5.25. The highest BCUT2D eigenvalue weighted by atomic mass is 16.5. The molecular formula is C16H25NO2. The first kappa shape index (κ1) is 14.4. The Hall–Kier alpha value is -1.06. The number of ether oxygens (including phenoxy) is 2. The zero-order valence-corrected chi connectivity index (χ0v) is 11.8. The van der Waals surface area contributed by atoms with Crippen molar-refractivity contribution >= 4 is 0 Å². The number of unbranched alkanes of at least 4 members (excludes halogenated alkanes) is 1. The lowest BCUT2D eigenvalue weighted by atomic mass is 10.1. The van der Waals surface area contributed by atoms with Crippen LogP contribution in [-0.2, 0) is 11.2 Å². The summed E-state index contributed by atoms with van der Waals surface area (Å²) in [5.74, 6) is 0.931. The molecule has 2 unspecified atom stereocenters. The van der Waals surface area contributed by atoms with Crippen LogP contribution in [0.4, 0.5) is 0 Å². The van der Waals surface area contributed by atoms with E-state index < -0.39 is 0 Å². The first-order valence-corrected chi connectivity index (χ1v) is 7.39. The Morgan fingerprint density at radius 1 is 1.21 bits per heavy atom. The Morgan fingerprint density at radius 2 is 1.95 bits per heavy atom. The number of hydrogen-bond donors (Lipinski definition) is 1. The van der Waals surface area contributed by atoms with Crippen molar-refractivity contribution < 1.29 is 9.47 Å². The third-order valence-corrected chi connectivity index (χ3v) is 3.64. The van der Waals surface area contributed by atoms with E-state index in [1.807, 2.05) is 0 Å². The van der Waals surface area contributed by atoms with Crippen LogP contribution in [0.5, 0.6) is 5.75 Å². The quantitative estimate of drug-likeness (QED) is 0.822. The van der Waals surface area contributed by atoms with E-state index in [0.717, 1.165) is 25.0 Å². The Kier molecular flexibility index (Phi) is 5.67. The Bertz CT molecular complexity index is 364. The van der Waals surface area contributed by atoms with Gasteiger partial charge in [0.15, 0.2) is 0 Å². The fourth-order valence-corrected chi connectivity index (χ4v) is 2.40. The molecule has 1 aromatic rings.